The van der Waals surface area contributed by atoms with E-state index in [0.717, 1.165) is 17.9 Å². The number of methoxy groups -OCH3 is 1. The molecule has 0 spiro atoms. The maximum atomic E-state index is 10.8. The van der Waals surface area contributed by atoms with Crippen molar-refractivity contribution in [2.24, 2.45) is 5.92 Å². The van der Waals surface area contributed by atoms with Gasteiger partial charge in [-0.1, -0.05) is 26.0 Å². The van der Waals surface area contributed by atoms with Crippen LogP contribution in [0.15, 0.2) is 24.3 Å². The van der Waals surface area contributed by atoms with E-state index in [1.807, 2.05) is 38.2 Å². The molecule has 2 N–H and O–H groups in total. The molecule has 3 nitrogen and oxygen atoms in total. The van der Waals surface area contributed by atoms with Crippen LogP contribution in [0.4, 0.5) is 0 Å². The predicted molar refractivity (Wildman–Crippen MR) is 70.3 cm³/mol. The molecule has 1 aromatic rings. The predicted octanol–water partition coefficient (Wildman–Crippen LogP) is 2.15. The molecule has 0 saturated heterocycles. The molecule has 1 rings (SSSR count). The summed E-state index contributed by atoms with van der Waals surface area (Å²) >= 11 is 0. The van der Waals surface area contributed by atoms with Crippen LogP contribution in [0.5, 0.6) is 5.75 Å². The number of rotatable bonds is 6. The largest absolute Gasteiger partial charge is 0.497 e. The third-order valence-electron chi connectivity index (χ3n) is 3.43. The zero-order valence-corrected chi connectivity index (χ0v) is 11.2. The Kier molecular flexibility index (Phi) is 4.97. The Labute approximate surface area is 104 Å². The lowest BCUT2D eigenvalue weighted by atomic mass is 9.80. The van der Waals surface area contributed by atoms with Gasteiger partial charge < -0.3 is 15.2 Å². The van der Waals surface area contributed by atoms with Gasteiger partial charge in [-0.05, 0) is 31.2 Å². The fourth-order valence-electron chi connectivity index (χ4n) is 2.20. The fraction of sp³-hybridized carbons (Fsp3) is 0.571. The lowest BCUT2D eigenvalue weighted by molar-refractivity contribution is -0.0201. The van der Waals surface area contributed by atoms with Gasteiger partial charge >= 0.3 is 0 Å². The summed E-state index contributed by atoms with van der Waals surface area (Å²) in [4.78, 5) is 0. The second-order valence-corrected chi connectivity index (χ2v) is 4.47. The summed E-state index contributed by atoms with van der Waals surface area (Å²) in [5.74, 6) is 0.927. The molecule has 17 heavy (non-hydrogen) atoms. The van der Waals surface area contributed by atoms with Crippen LogP contribution in [0.2, 0.25) is 0 Å². The molecule has 0 saturated carbocycles. The van der Waals surface area contributed by atoms with E-state index in [0.29, 0.717) is 6.42 Å². The Morgan fingerprint density at radius 3 is 2.71 bits per heavy atom. The third-order valence-corrected chi connectivity index (χ3v) is 3.43. The molecule has 3 heteroatoms. The summed E-state index contributed by atoms with van der Waals surface area (Å²) in [6.45, 7) is 4.84. The van der Waals surface area contributed by atoms with Crippen LogP contribution >= 0.6 is 0 Å². The molecule has 0 heterocycles. The molecule has 2 atom stereocenters. The molecule has 0 aliphatic carbocycles. The topological polar surface area (TPSA) is 41.5 Å². The maximum Gasteiger partial charge on any atom is 0.119 e. The smallest absolute Gasteiger partial charge is 0.119 e. The number of ether oxygens (including phenoxy) is 1. The van der Waals surface area contributed by atoms with Crippen molar-refractivity contribution in [1.82, 2.24) is 5.32 Å². The second kappa shape index (κ2) is 6.03. The number of hydrogen-bond acceptors (Lipinski definition) is 3. The first-order valence-electron chi connectivity index (χ1n) is 6.10. The number of benzene rings is 1. The van der Waals surface area contributed by atoms with Crippen LogP contribution in [-0.2, 0) is 5.60 Å². The van der Waals surface area contributed by atoms with Crippen LogP contribution in [0.3, 0.4) is 0 Å². The van der Waals surface area contributed by atoms with Crippen LogP contribution < -0.4 is 10.1 Å². The summed E-state index contributed by atoms with van der Waals surface area (Å²) in [6, 6.07) is 7.68. The maximum absolute atomic E-state index is 10.8. The van der Waals surface area contributed by atoms with E-state index in [4.69, 9.17) is 4.74 Å². The second-order valence-electron chi connectivity index (χ2n) is 4.47. The molecular formula is C14H23NO2. The number of nitrogens with one attached hydrogen (secondary N) is 1. The highest BCUT2D eigenvalue weighted by molar-refractivity contribution is 5.32. The Balaban J connectivity index is 3.05. The van der Waals surface area contributed by atoms with Crippen molar-refractivity contribution in [3.05, 3.63) is 29.8 Å². The minimum atomic E-state index is -0.808. The van der Waals surface area contributed by atoms with Gasteiger partial charge in [0.1, 0.15) is 5.75 Å². The highest BCUT2D eigenvalue weighted by Gasteiger charge is 2.33. The first-order chi connectivity index (χ1) is 8.08. The highest BCUT2D eigenvalue weighted by atomic mass is 16.5. The lowest BCUT2D eigenvalue weighted by Crippen LogP contribution is -2.38. The van der Waals surface area contributed by atoms with E-state index in [1.165, 1.54) is 0 Å². The van der Waals surface area contributed by atoms with Crippen molar-refractivity contribution in [2.45, 2.75) is 25.9 Å². The molecule has 0 radical (unpaired) electrons. The van der Waals surface area contributed by atoms with Crippen molar-refractivity contribution >= 4 is 0 Å². The van der Waals surface area contributed by atoms with E-state index in [-0.39, 0.29) is 5.92 Å². The average Bonchev–Trinajstić information content (AvgIpc) is 2.38. The van der Waals surface area contributed by atoms with Crippen molar-refractivity contribution in [3.63, 3.8) is 0 Å². The Hall–Kier alpha value is -1.06. The van der Waals surface area contributed by atoms with Gasteiger partial charge in [0.25, 0.3) is 0 Å². The summed E-state index contributed by atoms with van der Waals surface area (Å²) < 4.78 is 5.21. The summed E-state index contributed by atoms with van der Waals surface area (Å²) in [7, 11) is 3.54. The quantitative estimate of drug-likeness (QED) is 0.796. The van der Waals surface area contributed by atoms with Crippen molar-refractivity contribution < 1.29 is 9.84 Å². The SMILES string of the molecule is CC[C@](O)(c1cccc(OC)c1)C(C)CNC. The minimum Gasteiger partial charge on any atom is -0.497 e. The van der Waals surface area contributed by atoms with E-state index < -0.39 is 5.60 Å². The van der Waals surface area contributed by atoms with Crippen molar-refractivity contribution in [3.8, 4) is 5.75 Å². The van der Waals surface area contributed by atoms with E-state index in [1.54, 1.807) is 7.11 Å². The lowest BCUT2D eigenvalue weighted by Gasteiger charge is -2.34. The molecule has 1 unspecified atom stereocenters. The molecular weight excluding hydrogens is 214 g/mol. The molecule has 0 amide bonds. The third kappa shape index (κ3) is 2.99. The van der Waals surface area contributed by atoms with Gasteiger partial charge in [-0.15, -0.1) is 0 Å². The minimum absolute atomic E-state index is 0.143. The van der Waals surface area contributed by atoms with Gasteiger partial charge in [0.05, 0.1) is 12.7 Å². The van der Waals surface area contributed by atoms with Gasteiger partial charge in [-0.2, -0.15) is 0 Å². The van der Waals surface area contributed by atoms with Gasteiger partial charge in [-0.3, -0.25) is 0 Å². The number of aliphatic hydroxyl groups is 1. The summed E-state index contributed by atoms with van der Waals surface area (Å²) in [5, 5.41) is 13.9. The van der Waals surface area contributed by atoms with Crippen LogP contribution in [0.1, 0.15) is 25.8 Å². The van der Waals surface area contributed by atoms with Crippen molar-refractivity contribution in [1.29, 1.82) is 0 Å². The summed E-state index contributed by atoms with van der Waals surface area (Å²) in [5.41, 5.74) is 0.111. The zero-order chi connectivity index (χ0) is 12.9. The standard InChI is InChI=1S/C14H23NO2/c1-5-14(16,11(2)10-15-3)12-7-6-8-13(9-12)17-4/h6-9,11,15-16H,5,10H2,1-4H3/t11?,14-/m1/s1. The fourth-order valence-corrected chi connectivity index (χ4v) is 2.20. The molecule has 0 fully saturated rings. The van der Waals surface area contributed by atoms with Gasteiger partial charge in [0.15, 0.2) is 0 Å². The van der Waals surface area contributed by atoms with E-state index >= 15 is 0 Å². The van der Waals surface area contributed by atoms with Crippen molar-refractivity contribution in [2.75, 3.05) is 20.7 Å². The summed E-state index contributed by atoms with van der Waals surface area (Å²) in [6.07, 6.45) is 0.684. The number of hydrogen-bond donors (Lipinski definition) is 2. The molecule has 0 aliphatic heterocycles. The first kappa shape index (κ1) is 14.0. The van der Waals surface area contributed by atoms with Crippen LogP contribution in [0, 0.1) is 5.92 Å². The van der Waals surface area contributed by atoms with Crippen LogP contribution in [-0.4, -0.2) is 25.8 Å². The first-order valence-corrected chi connectivity index (χ1v) is 6.10. The molecule has 0 aliphatic rings. The van der Waals surface area contributed by atoms with Gasteiger partial charge in [0, 0.05) is 12.5 Å². The average molecular weight is 237 g/mol. The molecule has 96 valence electrons. The van der Waals surface area contributed by atoms with Gasteiger partial charge in [0.2, 0.25) is 0 Å². The Bertz CT molecular complexity index is 354. The Morgan fingerprint density at radius 2 is 2.18 bits per heavy atom. The van der Waals surface area contributed by atoms with E-state index in [9.17, 15) is 5.11 Å². The molecule has 0 aromatic heterocycles. The normalized spacial score (nSPS) is 16.3. The van der Waals surface area contributed by atoms with Gasteiger partial charge in [-0.25, -0.2) is 0 Å². The monoisotopic (exact) mass is 237 g/mol. The molecule has 1 aromatic carbocycles. The van der Waals surface area contributed by atoms with E-state index in [2.05, 4.69) is 12.2 Å². The van der Waals surface area contributed by atoms with Crippen LogP contribution in [0.25, 0.3) is 0 Å². The Morgan fingerprint density at radius 1 is 1.47 bits per heavy atom. The molecule has 0 bridgehead atoms. The zero-order valence-electron chi connectivity index (χ0n) is 11.2. The highest BCUT2D eigenvalue weighted by Crippen LogP contribution is 2.34.